The Bertz CT molecular complexity index is 664. The maximum atomic E-state index is 12.2. The van der Waals surface area contributed by atoms with Crippen LogP contribution in [-0.4, -0.2) is 37.0 Å². The number of nitrogens with one attached hydrogen (secondary N) is 1. The summed E-state index contributed by atoms with van der Waals surface area (Å²) in [5, 5.41) is 2.89. The number of hydrogen-bond acceptors (Lipinski definition) is 3. The maximum Gasteiger partial charge on any atom is 0.251 e. The third kappa shape index (κ3) is 6.24. The molecular formula is C21H28N2O2. The van der Waals surface area contributed by atoms with E-state index >= 15 is 0 Å². The van der Waals surface area contributed by atoms with E-state index < -0.39 is 0 Å². The van der Waals surface area contributed by atoms with E-state index in [2.05, 4.69) is 24.1 Å². The van der Waals surface area contributed by atoms with Gasteiger partial charge >= 0.3 is 0 Å². The zero-order valence-electron chi connectivity index (χ0n) is 15.4. The van der Waals surface area contributed by atoms with Crippen molar-refractivity contribution in [3.8, 4) is 5.75 Å². The van der Waals surface area contributed by atoms with Gasteiger partial charge in [0.2, 0.25) is 0 Å². The molecule has 0 heterocycles. The van der Waals surface area contributed by atoms with Crippen molar-refractivity contribution in [2.75, 3.05) is 26.2 Å². The van der Waals surface area contributed by atoms with Crippen LogP contribution in [0.2, 0.25) is 0 Å². The van der Waals surface area contributed by atoms with Gasteiger partial charge in [-0.15, -0.1) is 0 Å². The van der Waals surface area contributed by atoms with Crippen LogP contribution in [0.15, 0.2) is 48.5 Å². The van der Waals surface area contributed by atoms with Crippen LogP contribution in [0.1, 0.15) is 35.3 Å². The van der Waals surface area contributed by atoms with Gasteiger partial charge in [0.05, 0.1) is 6.54 Å². The van der Waals surface area contributed by atoms with Gasteiger partial charge in [-0.05, 0) is 55.4 Å². The second kappa shape index (κ2) is 9.84. The zero-order chi connectivity index (χ0) is 18.1. The topological polar surface area (TPSA) is 41.6 Å². The van der Waals surface area contributed by atoms with Gasteiger partial charge in [0.1, 0.15) is 12.4 Å². The predicted octanol–water partition coefficient (Wildman–Crippen LogP) is 3.65. The Balaban J connectivity index is 1.76. The monoisotopic (exact) mass is 340 g/mol. The van der Waals surface area contributed by atoms with E-state index in [-0.39, 0.29) is 5.91 Å². The van der Waals surface area contributed by atoms with Gasteiger partial charge in [0.25, 0.3) is 5.91 Å². The lowest BCUT2D eigenvalue weighted by Gasteiger charge is -2.18. The lowest BCUT2D eigenvalue weighted by atomic mass is 10.1. The van der Waals surface area contributed by atoms with Gasteiger partial charge in [0.15, 0.2) is 0 Å². The number of rotatable bonds is 9. The Hall–Kier alpha value is -2.33. The molecule has 2 aromatic carbocycles. The molecule has 0 aliphatic carbocycles. The molecule has 4 nitrogen and oxygen atoms in total. The number of benzene rings is 2. The second-order valence-corrected chi connectivity index (χ2v) is 6.08. The summed E-state index contributed by atoms with van der Waals surface area (Å²) in [4.78, 5) is 14.5. The fourth-order valence-electron chi connectivity index (χ4n) is 2.61. The lowest BCUT2D eigenvalue weighted by molar-refractivity contribution is 0.0947. The van der Waals surface area contributed by atoms with Crippen LogP contribution < -0.4 is 10.1 Å². The van der Waals surface area contributed by atoms with Gasteiger partial charge in [-0.1, -0.05) is 38.1 Å². The van der Waals surface area contributed by atoms with Crippen molar-refractivity contribution in [3.05, 3.63) is 65.2 Å². The molecular weight excluding hydrogens is 312 g/mol. The van der Waals surface area contributed by atoms with Crippen LogP contribution in [0.3, 0.4) is 0 Å². The highest BCUT2D eigenvalue weighted by Crippen LogP contribution is 2.12. The van der Waals surface area contributed by atoms with Crippen LogP contribution in [0.25, 0.3) is 0 Å². The van der Waals surface area contributed by atoms with Crippen molar-refractivity contribution in [2.45, 2.75) is 27.3 Å². The first-order valence-electron chi connectivity index (χ1n) is 8.91. The lowest BCUT2D eigenvalue weighted by Crippen LogP contribution is -2.28. The highest BCUT2D eigenvalue weighted by molar-refractivity contribution is 5.94. The van der Waals surface area contributed by atoms with E-state index in [0.717, 1.165) is 30.9 Å². The molecule has 0 unspecified atom stereocenters. The van der Waals surface area contributed by atoms with Gasteiger partial charge in [-0.25, -0.2) is 0 Å². The van der Waals surface area contributed by atoms with Crippen molar-refractivity contribution in [1.82, 2.24) is 10.2 Å². The molecule has 0 aliphatic heterocycles. The van der Waals surface area contributed by atoms with Crippen molar-refractivity contribution < 1.29 is 9.53 Å². The quantitative estimate of drug-likeness (QED) is 0.709. The molecule has 4 heteroatoms. The molecule has 0 fully saturated rings. The minimum Gasteiger partial charge on any atom is -0.492 e. The smallest absolute Gasteiger partial charge is 0.251 e. The largest absolute Gasteiger partial charge is 0.492 e. The van der Waals surface area contributed by atoms with E-state index in [4.69, 9.17) is 4.74 Å². The van der Waals surface area contributed by atoms with Crippen LogP contribution in [-0.2, 0) is 6.54 Å². The summed E-state index contributed by atoms with van der Waals surface area (Å²) in [7, 11) is 0. The summed E-state index contributed by atoms with van der Waals surface area (Å²) in [6, 6.07) is 15.7. The highest BCUT2D eigenvalue weighted by Gasteiger charge is 2.06. The van der Waals surface area contributed by atoms with Crippen LogP contribution in [0.4, 0.5) is 0 Å². The fraction of sp³-hybridized carbons (Fsp3) is 0.381. The molecule has 0 aliphatic rings. The minimum absolute atomic E-state index is 0.0674. The Labute approximate surface area is 150 Å². The maximum absolute atomic E-state index is 12.2. The molecule has 0 radical (unpaired) electrons. The van der Waals surface area contributed by atoms with Crippen LogP contribution in [0.5, 0.6) is 5.75 Å². The third-order valence-electron chi connectivity index (χ3n) is 4.16. The Morgan fingerprint density at radius 1 is 1.08 bits per heavy atom. The summed E-state index contributed by atoms with van der Waals surface area (Å²) < 4.78 is 5.64. The Kier molecular flexibility index (Phi) is 7.48. The number of hydrogen-bond donors (Lipinski definition) is 1. The number of aryl methyl sites for hydroxylation is 1. The van der Waals surface area contributed by atoms with Crippen LogP contribution in [0, 0.1) is 6.92 Å². The fourth-order valence-corrected chi connectivity index (χ4v) is 2.61. The molecule has 0 saturated carbocycles. The molecule has 0 bridgehead atoms. The van der Waals surface area contributed by atoms with E-state index in [1.807, 2.05) is 55.5 Å². The summed E-state index contributed by atoms with van der Waals surface area (Å²) in [5.41, 5.74) is 3.06. The summed E-state index contributed by atoms with van der Waals surface area (Å²) in [5.74, 6) is 0.761. The summed E-state index contributed by atoms with van der Waals surface area (Å²) in [6.07, 6.45) is 0. The van der Waals surface area contributed by atoms with Gasteiger partial charge in [0, 0.05) is 12.1 Å². The van der Waals surface area contributed by atoms with Crippen molar-refractivity contribution >= 4 is 5.91 Å². The average molecular weight is 340 g/mol. The molecule has 25 heavy (non-hydrogen) atoms. The predicted molar refractivity (Wildman–Crippen MR) is 102 cm³/mol. The van der Waals surface area contributed by atoms with Crippen molar-refractivity contribution in [3.63, 3.8) is 0 Å². The molecule has 2 aromatic rings. The number of nitrogens with zero attached hydrogens (tertiary/aromatic N) is 1. The second-order valence-electron chi connectivity index (χ2n) is 6.08. The van der Waals surface area contributed by atoms with Gasteiger partial charge < -0.3 is 10.1 Å². The Morgan fingerprint density at radius 3 is 2.44 bits per heavy atom. The van der Waals surface area contributed by atoms with Gasteiger partial charge in [-0.3, -0.25) is 9.69 Å². The van der Waals surface area contributed by atoms with Gasteiger partial charge in [-0.2, -0.15) is 0 Å². The van der Waals surface area contributed by atoms with E-state index in [9.17, 15) is 4.79 Å². The first-order valence-corrected chi connectivity index (χ1v) is 8.91. The zero-order valence-corrected chi connectivity index (χ0v) is 15.4. The summed E-state index contributed by atoms with van der Waals surface area (Å²) >= 11 is 0. The molecule has 0 spiro atoms. The summed E-state index contributed by atoms with van der Waals surface area (Å²) in [6.45, 7) is 10.2. The molecule has 2 rings (SSSR count). The molecule has 0 saturated heterocycles. The average Bonchev–Trinajstić information content (AvgIpc) is 2.63. The number of ether oxygens (including phenoxy) is 1. The standard InChI is InChI=1S/C21H28N2O2/c1-4-23(5-2)16-18-9-11-19(12-10-18)21(24)22-13-14-25-20-8-6-7-17(3)15-20/h6-12,15H,4-5,13-14,16H2,1-3H3,(H,22,24). The number of carbonyl (C=O) groups is 1. The molecule has 0 atom stereocenters. The SMILES string of the molecule is CCN(CC)Cc1ccc(C(=O)NCCOc2cccc(C)c2)cc1. The minimum atomic E-state index is -0.0674. The Morgan fingerprint density at radius 2 is 1.80 bits per heavy atom. The molecule has 134 valence electrons. The van der Waals surface area contributed by atoms with E-state index in [0.29, 0.717) is 18.7 Å². The van der Waals surface area contributed by atoms with Crippen molar-refractivity contribution in [1.29, 1.82) is 0 Å². The van der Waals surface area contributed by atoms with Crippen molar-refractivity contribution in [2.24, 2.45) is 0 Å². The first kappa shape index (κ1) is 19.0. The molecule has 0 aromatic heterocycles. The number of amides is 1. The van der Waals surface area contributed by atoms with Crippen LogP contribution >= 0.6 is 0 Å². The normalized spacial score (nSPS) is 10.7. The third-order valence-corrected chi connectivity index (χ3v) is 4.16. The number of carbonyl (C=O) groups excluding carboxylic acids is 1. The highest BCUT2D eigenvalue weighted by atomic mass is 16.5. The molecule has 1 amide bonds. The molecule has 1 N–H and O–H groups in total. The van der Waals surface area contributed by atoms with E-state index in [1.54, 1.807) is 0 Å². The first-order chi connectivity index (χ1) is 12.1. The van der Waals surface area contributed by atoms with E-state index in [1.165, 1.54) is 5.56 Å².